The summed E-state index contributed by atoms with van der Waals surface area (Å²) in [6, 6.07) is 28.6. The summed E-state index contributed by atoms with van der Waals surface area (Å²) < 4.78 is 70.9. The van der Waals surface area contributed by atoms with Gasteiger partial charge in [-0.25, -0.2) is 4.58 Å². The second kappa shape index (κ2) is 13.3. The van der Waals surface area contributed by atoms with Crippen molar-refractivity contribution in [1.82, 2.24) is 0 Å². The summed E-state index contributed by atoms with van der Waals surface area (Å²) in [6.45, 7) is 1.29. The lowest BCUT2D eigenvalue weighted by Crippen LogP contribution is -2.16. The lowest BCUT2D eigenvalue weighted by molar-refractivity contribution is -0.512. The largest absolute Gasteiger partial charge is 0.506 e. The summed E-state index contributed by atoms with van der Waals surface area (Å²) >= 11 is 0. The van der Waals surface area contributed by atoms with Gasteiger partial charge < -0.3 is 10.0 Å². The van der Waals surface area contributed by atoms with Crippen molar-refractivity contribution in [3.63, 3.8) is 0 Å². The van der Waals surface area contributed by atoms with Gasteiger partial charge in [-0.2, -0.15) is 16.8 Å². The quantitative estimate of drug-likeness (QED) is 0.153. The summed E-state index contributed by atoms with van der Waals surface area (Å²) in [5.74, 6) is -0.874. The monoisotopic (exact) mass is 657 g/mol. The van der Waals surface area contributed by atoms with Crippen LogP contribution < -0.4 is 4.90 Å². The number of nitrogens with zero attached hydrogens (tertiary/aromatic N) is 2. The average molecular weight is 658 g/mol. The van der Waals surface area contributed by atoms with Crippen LogP contribution in [0.5, 0.6) is 5.75 Å². The number of phenols is 1. The van der Waals surface area contributed by atoms with Gasteiger partial charge in [0.25, 0.3) is 20.2 Å². The zero-order chi connectivity index (χ0) is 33.1. The van der Waals surface area contributed by atoms with E-state index in [0.29, 0.717) is 35.9 Å². The van der Waals surface area contributed by atoms with Crippen LogP contribution in [-0.2, 0) is 33.3 Å². The van der Waals surface area contributed by atoms with Gasteiger partial charge in [0.05, 0.1) is 0 Å². The van der Waals surface area contributed by atoms with E-state index in [9.17, 15) is 31.0 Å². The van der Waals surface area contributed by atoms with Crippen LogP contribution in [0.1, 0.15) is 22.3 Å². The lowest BCUT2D eigenvalue weighted by atomic mass is 9.90. The molecule has 0 saturated heterocycles. The molecular weight excluding hydrogens is 625 g/mol. The number of hydrogen-bond acceptors (Lipinski definition) is 6. The van der Waals surface area contributed by atoms with Gasteiger partial charge in [0, 0.05) is 42.6 Å². The maximum Gasteiger partial charge on any atom is 0.298 e. The number of benzene rings is 4. The summed E-state index contributed by atoms with van der Waals surface area (Å²) in [5, 5.41) is 10.6. The molecule has 0 saturated carbocycles. The SMILES string of the molecule is CN(Cc1ccccc1)c1ccc(C(=C2C=CC(=[N+](C)Cc3ccccc3)C=C2)c2cc(O)c(S(=O)(=O)O)cc2S(=O)(=O)O)cc1. The molecule has 0 heterocycles. The van der Waals surface area contributed by atoms with Crippen molar-refractivity contribution in [3.8, 4) is 5.75 Å². The molecule has 0 spiro atoms. The molecule has 0 aliphatic heterocycles. The van der Waals surface area contributed by atoms with Crippen molar-refractivity contribution in [1.29, 1.82) is 0 Å². The van der Waals surface area contributed by atoms with E-state index in [2.05, 4.69) is 0 Å². The van der Waals surface area contributed by atoms with E-state index in [1.807, 2.05) is 109 Å². The molecule has 0 bridgehead atoms. The molecule has 0 aromatic heterocycles. The fraction of sp³-hybridized carbons (Fsp3) is 0.114. The number of allylic oxidation sites excluding steroid dienone is 5. The molecule has 0 fully saturated rings. The van der Waals surface area contributed by atoms with Crippen molar-refractivity contribution in [2.75, 3.05) is 19.0 Å². The van der Waals surface area contributed by atoms with Crippen molar-refractivity contribution >= 4 is 37.2 Å². The van der Waals surface area contributed by atoms with Crippen LogP contribution in [0.15, 0.2) is 137 Å². The molecular formula is C35H33N2O7S2+. The van der Waals surface area contributed by atoms with Gasteiger partial charge in [-0.05, 0) is 58.7 Å². The third-order valence-corrected chi connectivity index (χ3v) is 9.38. The summed E-state index contributed by atoms with van der Waals surface area (Å²) in [6.07, 6.45) is 7.28. The first-order valence-electron chi connectivity index (χ1n) is 14.2. The van der Waals surface area contributed by atoms with Gasteiger partial charge in [-0.1, -0.05) is 72.8 Å². The smallest absolute Gasteiger partial charge is 0.298 e. The van der Waals surface area contributed by atoms with Crippen molar-refractivity contribution < 1.29 is 35.6 Å². The van der Waals surface area contributed by atoms with Gasteiger partial charge in [0.1, 0.15) is 22.6 Å². The van der Waals surface area contributed by atoms with Gasteiger partial charge in [0.2, 0.25) is 0 Å². The first-order chi connectivity index (χ1) is 21.8. The minimum atomic E-state index is -5.03. The molecule has 0 unspecified atom stereocenters. The van der Waals surface area contributed by atoms with E-state index in [4.69, 9.17) is 0 Å². The minimum absolute atomic E-state index is 0.150. The van der Waals surface area contributed by atoms with Gasteiger partial charge >= 0.3 is 0 Å². The fourth-order valence-electron chi connectivity index (χ4n) is 5.31. The Morgan fingerprint density at radius 1 is 0.717 bits per heavy atom. The Kier molecular flexibility index (Phi) is 9.40. The van der Waals surface area contributed by atoms with Crippen LogP contribution in [-0.4, -0.2) is 55.4 Å². The molecule has 0 atom stereocenters. The molecule has 3 N–H and O–H groups in total. The molecule has 46 heavy (non-hydrogen) atoms. The highest BCUT2D eigenvalue weighted by Gasteiger charge is 2.28. The third-order valence-electron chi connectivity index (χ3n) is 7.60. The predicted octanol–water partition coefficient (Wildman–Crippen LogP) is 5.73. The Hall–Kier alpha value is -4.81. The topological polar surface area (TPSA) is 135 Å². The zero-order valence-electron chi connectivity index (χ0n) is 25.1. The van der Waals surface area contributed by atoms with Crippen LogP contribution in [0.2, 0.25) is 0 Å². The molecule has 0 radical (unpaired) electrons. The molecule has 236 valence electrons. The molecule has 5 rings (SSSR count). The Balaban J connectivity index is 1.64. The number of hydrogen-bond donors (Lipinski definition) is 3. The Morgan fingerprint density at radius 3 is 1.80 bits per heavy atom. The average Bonchev–Trinajstić information content (AvgIpc) is 3.01. The van der Waals surface area contributed by atoms with Gasteiger partial charge in [0.15, 0.2) is 12.3 Å². The van der Waals surface area contributed by atoms with E-state index in [-0.39, 0.29) is 5.56 Å². The lowest BCUT2D eigenvalue weighted by Gasteiger charge is -2.21. The van der Waals surface area contributed by atoms with E-state index in [0.717, 1.165) is 28.6 Å². The van der Waals surface area contributed by atoms with Crippen molar-refractivity contribution in [2.24, 2.45) is 0 Å². The van der Waals surface area contributed by atoms with Crippen LogP contribution in [0, 0.1) is 0 Å². The predicted molar refractivity (Wildman–Crippen MR) is 178 cm³/mol. The molecule has 4 aromatic rings. The third kappa shape index (κ3) is 7.52. The minimum Gasteiger partial charge on any atom is -0.506 e. The molecule has 11 heteroatoms. The summed E-state index contributed by atoms with van der Waals surface area (Å²) in [4.78, 5) is 0.217. The normalized spacial score (nSPS) is 13.1. The second-order valence-electron chi connectivity index (χ2n) is 10.9. The van der Waals surface area contributed by atoms with E-state index in [1.165, 1.54) is 0 Å². The highest BCUT2D eigenvalue weighted by atomic mass is 32.2. The van der Waals surface area contributed by atoms with Crippen LogP contribution in [0.3, 0.4) is 0 Å². The second-order valence-corrected chi connectivity index (χ2v) is 13.7. The Bertz CT molecular complexity index is 2080. The summed E-state index contributed by atoms with van der Waals surface area (Å²) in [5.41, 5.74) is 5.21. The number of anilines is 1. The van der Waals surface area contributed by atoms with Crippen LogP contribution >= 0.6 is 0 Å². The van der Waals surface area contributed by atoms with E-state index >= 15 is 0 Å². The number of phenolic OH excluding ortho intramolecular Hbond substituents is 1. The maximum atomic E-state index is 12.6. The van der Waals surface area contributed by atoms with Gasteiger partial charge in [-0.15, -0.1) is 0 Å². The molecule has 4 aromatic carbocycles. The number of aromatic hydroxyl groups is 1. The molecule has 0 amide bonds. The van der Waals surface area contributed by atoms with Crippen LogP contribution in [0.25, 0.3) is 5.57 Å². The Morgan fingerprint density at radius 2 is 1.26 bits per heavy atom. The van der Waals surface area contributed by atoms with E-state index < -0.39 is 35.8 Å². The fourth-order valence-corrected chi connectivity index (χ4v) is 6.68. The van der Waals surface area contributed by atoms with Gasteiger partial charge in [-0.3, -0.25) is 9.11 Å². The van der Waals surface area contributed by atoms with Crippen molar-refractivity contribution in [2.45, 2.75) is 22.9 Å². The van der Waals surface area contributed by atoms with Crippen molar-refractivity contribution in [3.05, 3.63) is 149 Å². The maximum absolute atomic E-state index is 12.6. The Labute approximate surface area is 268 Å². The first-order valence-corrected chi connectivity index (χ1v) is 17.1. The number of rotatable bonds is 9. The standard InChI is InChI=1S/C35H32N2O7S2/c1-36(23-25-9-5-3-6-10-25)29-17-13-27(14-18-29)35(31-21-32(38)34(46(42,43)44)22-33(31)45(39,40)41)28-15-19-30(20-16-28)37(2)24-26-11-7-4-8-12-26/h3-22H,23-24H2,1-2H3,(H2-,38,39,40,41,42,43,44)/p+1. The zero-order valence-corrected chi connectivity index (χ0v) is 26.8. The molecule has 9 nitrogen and oxygen atoms in total. The molecule has 1 aliphatic carbocycles. The highest BCUT2D eigenvalue weighted by Crippen LogP contribution is 2.39. The highest BCUT2D eigenvalue weighted by molar-refractivity contribution is 7.86. The van der Waals surface area contributed by atoms with E-state index in [1.54, 1.807) is 24.3 Å². The molecule has 1 aliphatic rings. The van der Waals surface area contributed by atoms with Crippen LogP contribution in [0.4, 0.5) is 5.69 Å². The first kappa shape index (κ1) is 32.6. The summed E-state index contributed by atoms with van der Waals surface area (Å²) in [7, 11) is -6.16.